The molecule has 0 unspecified atom stereocenters. The summed E-state index contributed by atoms with van der Waals surface area (Å²) in [5.41, 5.74) is 5.97. The van der Waals surface area contributed by atoms with Crippen LogP contribution in [-0.2, 0) is 15.0 Å². The van der Waals surface area contributed by atoms with Crippen molar-refractivity contribution in [3.05, 3.63) is 93.6 Å². The Morgan fingerprint density at radius 1 is 0.974 bits per heavy atom. The number of rotatable bonds is 4. The number of hydrogen-bond donors (Lipinski definition) is 1. The summed E-state index contributed by atoms with van der Waals surface area (Å²) in [7, 11) is 1.58. The summed E-state index contributed by atoms with van der Waals surface area (Å²) >= 11 is 1.37. The second-order valence-electron chi connectivity index (χ2n) is 11.2. The van der Waals surface area contributed by atoms with Gasteiger partial charge in [0.25, 0.3) is 5.78 Å². The number of carbonyl (C=O) groups excluding carboxylic acids is 2. The highest BCUT2D eigenvalue weighted by atomic mass is 32.1. The Bertz CT molecular complexity index is 1660. The number of Topliss-reactive ketones (excluding diaryl/α,β-unsaturated/α-hetero) is 1. The maximum atomic E-state index is 13.6. The van der Waals surface area contributed by atoms with Crippen LogP contribution >= 0.6 is 11.3 Å². The number of hydrogen-bond acceptors (Lipinski definition) is 6. The van der Waals surface area contributed by atoms with E-state index in [-0.39, 0.29) is 16.7 Å². The van der Waals surface area contributed by atoms with E-state index >= 15 is 0 Å². The standard InChI is InChI=1S/C32H32N2O4S/c1-17-14-19(3)26-24(15-17)39-31(33-26)34-27(20-8-11-22(12-9-20)32(4,5)6)25(29(36)30(34)37)28(35)21-10-13-23(38-7)18(2)16-21/h8-16,27,35H,1-7H3/t27-/m0/s1. The summed E-state index contributed by atoms with van der Waals surface area (Å²) < 4.78 is 6.30. The van der Waals surface area contributed by atoms with Crippen LogP contribution in [0.1, 0.15) is 60.2 Å². The number of anilines is 1. The lowest BCUT2D eigenvalue weighted by molar-refractivity contribution is -0.132. The van der Waals surface area contributed by atoms with Crippen molar-refractivity contribution in [3.8, 4) is 5.75 Å². The Morgan fingerprint density at radius 2 is 1.67 bits per heavy atom. The Morgan fingerprint density at radius 3 is 2.28 bits per heavy atom. The lowest BCUT2D eigenvalue weighted by Gasteiger charge is -2.25. The summed E-state index contributed by atoms with van der Waals surface area (Å²) in [6, 6.07) is 16.3. The van der Waals surface area contributed by atoms with E-state index in [2.05, 4.69) is 26.8 Å². The van der Waals surface area contributed by atoms with Crippen LogP contribution in [0.5, 0.6) is 5.75 Å². The molecule has 6 nitrogen and oxygen atoms in total. The number of fused-ring (bicyclic) bond motifs is 1. The van der Waals surface area contributed by atoms with Crippen LogP contribution in [0.2, 0.25) is 0 Å². The SMILES string of the molecule is COc1ccc(C(O)=C2C(=O)C(=O)N(c3nc4c(C)cc(C)cc4s3)[C@H]2c2ccc(C(C)(C)C)cc2)cc1C. The lowest BCUT2D eigenvalue weighted by Crippen LogP contribution is -2.29. The summed E-state index contributed by atoms with van der Waals surface area (Å²) in [5.74, 6) is -1.00. The highest BCUT2D eigenvalue weighted by molar-refractivity contribution is 7.22. The van der Waals surface area contributed by atoms with E-state index in [4.69, 9.17) is 9.72 Å². The summed E-state index contributed by atoms with van der Waals surface area (Å²) in [6.45, 7) is 12.3. The van der Waals surface area contributed by atoms with Gasteiger partial charge in [0.05, 0.1) is 28.9 Å². The fourth-order valence-corrected chi connectivity index (χ4v) is 6.32. The predicted octanol–water partition coefficient (Wildman–Crippen LogP) is 7.15. The van der Waals surface area contributed by atoms with Gasteiger partial charge in [-0.15, -0.1) is 0 Å². The van der Waals surface area contributed by atoms with E-state index in [9.17, 15) is 14.7 Å². The number of aromatic nitrogens is 1. The molecule has 1 atom stereocenters. The summed E-state index contributed by atoms with van der Waals surface area (Å²) in [6.07, 6.45) is 0. The average Bonchev–Trinajstić information content (AvgIpc) is 3.41. The molecular formula is C32H32N2O4S. The minimum Gasteiger partial charge on any atom is -0.507 e. The molecule has 1 saturated heterocycles. The molecule has 5 rings (SSSR count). The van der Waals surface area contributed by atoms with Crippen LogP contribution in [0.4, 0.5) is 5.13 Å². The second kappa shape index (κ2) is 9.65. The minimum absolute atomic E-state index is 0.0419. The number of methoxy groups -OCH3 is 1. The van der Waals surface area contributed by atoms with Crippen LogP contribution in [0.15, 0.2) is 60.2 Å². The van der Waals surface area contributed by atoms with Crippen molar-refractivity contribution >= 4 is 44.1 Å². The number of ketones is 1. The molecule has 0 bridgehead atoms. The number of carbonyl (C=O) groups is 2. The van der Waals surface area contributed by atoms with Crippen LogP contribution in [0.3, 0.4) is 0 Å². The second-order valence-corrected chi connectivity index (χ2v) is 12.2. The normalized spacial score (nSPS) is 17.3. The first kappa shape index (κ1) is 26.6. The van der Waals surface area contributed by atoms with Crippen molar-refractivity contribution < 1.29 is 19.4 Å². The molecule has 0 aliphatic carbocycles. The molecule has 0 saturated carbocycles. The quantitative estimate of drug-likeness (QED) is 0.169. The molecule has 1 fully saturated rings. The van der Waals surface area contributed by atoms with Crippen molar-refractivity contribution in [2.24, 2.45) is 0 Å². The topological polar surface area (TPSA) is 79.7 Å². The van der Waals surface area contributed by atoms with Gasteiger partial charge in [-0.1, -0.05) is 62.4 Å². The summed E-state index contributed by atoms with van der Waals surface area (Å²) in [4.78, 5) is 33.5. The van der Waals surface area contributed by atoms with Crippen molar-refractivity contribution in [2.45, 2.75) is 53.0 Å². The number of thiazole rings is 1. The van der Waals surface area contributed by atoms with Crippen molar-refractivity contribution in [2.75, 3.05) is 12.0 Å². The fraction of sp³-hybridized carbons (Fsp3) is 0.281. The fourth-order valence-electron chi connectivity index (χ4n) is 5.15. The molecular weight excluding hydrogens is 508 g/mol. The van der Waals surface area contributed by atoms with Crippen LogP contribution in [-0.4, -0.2) is 28.9 Å². The van der Waals surface area contributed by atoms with Crippen LogP contribution in [0.25, 0.3) is 16.0 Å². The number of aryl methyl sites for hydroxylation is 3. The Balaban J connectivity index is 1.73. The Kier molecular flexibility index (Phi) is 6.59. The van der Waals surface area contributed by atoms with Crippen molar-refractivity contribution in [3.63, 3.8) is 0 Å². The zero-order chi connectivity index (χ0) is 28.2. The summed E-state index contributed by atoms with van der Waals surface area (Å²) in [5, 5.41) is 11.9. The average molecular weight is 541 g/mol. The number of nitrogens with zero attached hydrogens (tertiary/aromatic N) is 2. The van der Waals surface area contributed by atoms with Crippen LogP contribution in [0, 0.1) is 20.8 Å². The smallest absolute Gasteiger partial charge is 0.301 e. The minimum atomic E-state index is -0.830. The van der Waals surface area contributed by atoms with Gasteiger partial charge < -0.3 is 9.84 Å². The van der Waals surface area contributed by atoms with E-state index in [0.717, 1.165) is 38.0 Å². The first-order chi connectivity index (χ1) is 18.4. The molecule has 39 heavy (non-hydrogen) atoms. The van der Waals surface area contributed by atoms with E-state index < -0.39 is 17.7 Å². The Hall–Kier alpha value is -3.97. The number of aliphatic hydroxyl groups excluding tert-OH is 1. The maximum absolute atomic E-state index is 13.6. The molecule has 1 aliphatic rings. The zero-order valence-electron chi connectivity index (χ0n) is 23.2. The molecule has 0 radical (unpaired) electrons. The third-order valence-corrected chi connectivity index (χ3v) is 8.23. The molecule has 1 aliphatic heterocycles. The van der Waals surface area contributed by atoms with Gasteiger partial charge in [0.15, 0.2) is 5.13 Å². The largest absolute Gasteiger partial charge is 0.507 e. The number of aliphatic hydroxyl groups is 1. The first-order valence-electron chi connectivity index (χ1n) is 12.8. The van der Waals surface area contributed by atoms with Gasteiger partial charge >= 0.3 is 5.91 Å². The molecule has 4 aromatic rings. The Labute approximate surface area is 232 Å². The van der Waals surface area contributed by atoms with E-state index in [1.165, 1.54) is 16.2 Å². The molecule has 1 N–H and O–H groups in total. The third kappa shape index (κ3) is 4.61. The predicted molar refractivity (Wildman–Crippen MR) is 157 cm³/mol. The highest BCUT2D eigenvalue weighted by Gasteiger charge is 2.48. The van der Waals surface area contributed by atoms with Gasteiger partial charge in [-0.3, -0.25) is 14.5 Å². The molecule has 7 heteroatoms. The maximum Gasteiger partial charge on any atom is 0.301 e. The zero-order valence-corrected chi connectivity index (χ0v) is 24.1. The molecule has 200 valence electrons. The van der Waals surface area contributed by atoms with E-state index in [1.54, 1.807) is 25.3 Å². The highest BCUT2D eigenvalue weighted by Crippen LogP contribution is 2.45. The number of ether oxygens (including phenoxy) is 1. The number of benzene rings is 3. The van der Waals surface area contributed by atoms with Crippen molar-refractivity contribution in [1.82, 2.24) is 4.98 Å². The van der Waals surface area contributed by atoms with Gasteiger partial charge in [-0.05, 0) is 78.3 Å². The lowest BCUT2D eigenvalue weighted by atomic mass is 9.85. The number of amides is 1. The van der Waals surface area contributed by atoms with Gasteiger partial charge in [0.1, 0.15) is 11.5 Å². The van der Waals surface area contributed by atoms with Gasteiger partial charge in [-0.25, -0.2) is 4.98 Å². The van der Waals surface area contributed by atoms with Gasteiger partial charge in [0, 0.05) is 5.56 Å². The van der Waals surface area contributed by atoms with Crippen LogP contribution < -0.4 is 9.64 Å². The molecule has 1 aromatic heterocycles. The van der Waals surface area contributed by atoms with E-state index in [0.29, 0.717) is 16.4 Å². The third-order valence-electron chi connectivity index (χ3n) is 7.23. The van der Waals surface area contributed by atoms with Crippen molar-refractivity contribution in [1.29, 1.82) is 0 Å². The van der Waals surface area contributed by atoms with Gasteiger partial charge in [0.2, 0.25) is 0 Å². The molecule has 0 spiro atoms. The molecule has 2 heterocycles. The molecule has 3 aromatic carbocycles. The van der Waals surface area contributed by atoms with E-state index in [1.807, 2.05) is 51.1 Å². The monoisotopic (exact) mass is 540 g/mol. The molecule has 1 amide bonds. The van der Waals surface area contributed by atoms with Gasteiger partial charge in [-0.2, -0.15) is 0 Å². The first-order valence-corrected chi connectivity index (χ1v) is 13.7.